The summed E-state index contributed by atoms with van der Waals surface area (Å²) < 4.78 is 0. The lowest BCUT2D eigenvalue weighted by molar-refractivity contribution is -0.129. The summed E-state index contributed by atoms with van der Waals surface area (Å²) in [6, 6.07) is 1.80. The van der Waals surface area contributed by atoms with Gasteiger partial charge in [0.1, 0.15) is 11.4 Å². The molecule has 0 atom stereocenters. The van der Waals surface area contributed by atoms with Gasteiger partial charge in [0.2, 0.25) is 5.91 Å². The molecule has 1 saturated heterocycles. The number of hydrogen-bond acceptors (Lipinski definition) is 5. The first-order chi connectivity index (χ1) is 12.0. The minimum Gasteiger partial charge on any atom is -0.478 e. The average molecular weight is 346 g/mol. The Kier molecular flexibility index (Phi) is 5.22. The van der Waals surface area contributed by atoms with Crippen LogP contribution >= 0.6 is 0 Å². The second-order valence-corrected chi connectivity index (χ2v) is 7.03. The van der Waals surface area contributed by atoms with Crippen LogP contribution in [-0.4, -0.2) is 78.6 Å². The molecule has 0 aromatic carbocycles. The number of rotatable bonds is 4. The van der Waals surface area contributed by atoms with Crippen LogP contribution in [0.15, 0.2) is 6.07 Å². The summed E-state index contributed by atoms with van der Waals surface area (Å²) >= 11 is 0. The molecule has 0 unspecified atom stereocenters. The van der Waals surface area contributed by atoms with Gasteiger partial charge in [0.05, 0.1) is 6.54 Å². The lowest BCUT2D eigenvalue weighted by Gasteiger charge is -2.21. The number of aromatic nitrogens is 1. The fraction of sp³-hybridized carbons (Fsp3) is 0.611. The van der Waals surface area contributed by atoms with Crippen molar-refractivity contribution >= 4 is 17.7 Å². The minimum absolute atomic E-state index is 0.0860. The van der Waals surface area contributed by atoms with Crippen LogP contribution in [0.2, 0.25) is 0 Å². The molecule has 0 radical (unpaired) electrons. The molecule has 1 amide bonds. The predicted molar refractivity (Wildman–Crippen MR) is 95.2 cm³/mol. The van der Waals surface area contributed by atoms with Crippen molar-refractivity contribution in [1.29, 1.82) is 0 Å². The Morgan fingerprint density at radius 2 is 1.84 bits per heavy atom. The number of anilines is 1. The van der Waals surface area contributed by atoms with E-state index in [1.165, 1.54) is 0 Å². The highest BCUT2D eigenvalue weighted by Crippen LogP contribution is 2.27. The van der Waals surface area contributed by atoms with Crippen molar-refractivity contribution in [2.75, 3.05) is 51.7 Å². The molecule has 7 nitrogen and oxygen atoms in total. The number of carbonyl (C=O) groups excluding carboxylic acids is 1. The maximum atomic E-state index is 12.0. The molecule has 0 saturated carbocycles. The van der Waals surface area contributed by atoms with Crippen LogP contribution in [0.1, 0.15) is 34.5 Å². The number of carbonyl (C=O) groups is 2. The van der Waals surface area contributed by atoms with Gasteiger partial charge in [0.15, 0.2) is 0 Å². The van der Waals surface area contributed by atoms with Gasteiger partial charge in [-0.3, -0.25) is 9.69 Å². The van der Waals surface area contributed by atoms with Crippen LogP contribution in [0.4, 0.5) is 5.82 Å². The molecule has 7 heteroatoms. The van der Waals surface area contributed by atoms with E-state index in [-0.39, 0.29) is 5.91 Å². The van der Waals surface area contributed by atoms with Crippen LogP contribution < -0.4 is 4.90 Å². The summed E-state index contributed by atoms with van der Waals surface area (Å²) in [4.78, 5) is 34.2. The molecule has 0 spiro atoms. The van der Waals surface area contributed by atoms with E-state index in [0.717, 1.165) is 63.1 Å². The molecule has 1 aromatic heterocycles. The van der Waals surface area contributed by atoms with Gasteiger partial charge in [-0.25, -0.2) is 9.78 Å². The summed E-state index contributed by atoms with van der Waals surface area (Å²) in [5.41, 5.74) is 2.28. The van der Waals surface area contributed by atoms with Crippen molar-refractivity contribution in [3.63, 3.8) is 0 Å². The van der Waals surface area contributed by atoms with Gasteiger partial charge in [-0.15, -0.1) is 0 Å². The zero-order valence-electron chi connectivity index (χ0n) is 15.0. The van der Waals surface area contributed by atoms with Crippen molar-refractivity contribution in [2.24, 2.45) is 0 Å². The first-order valence-electron chi connectivity index (χ1n) is 8.89. The maximum absolute atomic E-state index is 12.0. The van der Waals surface area contributed by atoms with Crippen molar-refractivity contribution in [3.05, 3.63) is 22.9 Å². The van der Waals surface area contributed by atoms with Gasteiger partial charge >= 0.3 is 5.97 Å². The Balaban J connectivity index is 1.82. The SMILES string of the molecule is CN(C)C(=O)CN1CCc2cc(C(=O)O)c(N3CCCC3)nc2CC1. The minimum atomic E-state index is -0.916. The number of aromatic carboxylic acids is 1. The van der Waals surface area contributed by atoms with Crippen molar-refractivity contribution in [1.82, 2.24) is 14.8 Å². The lowest BCUT2D eigenvalue weighted by atomic mass is 10.1. The van der Waals surface area contributed by atoms with E-state index in [2.05, 4.69) is 9.80 Å². The highest BCUT2D eigenvalue weighted by Gasteiger charge is 2.25. The molecular weight excluding hydrogens is 320 g/mol. The van der Waals surface area contributed by atoms with E-state index in [9.17, 15) is 14.7 Å². The van der Waals surface area contributed by atoms with E-state index >= 15 is 0 Å². The topological polar surface area (TPSA) is 77.0 Å². The second-order valence-electron chi connectivity index (χ2n) is 7.03. The molecule has 25 heavy (non-hydrogen) atoms. The third-order valence-electron chi connectivity index (χ3n) is 5.03. The van der Waals surface area contributed by atoms with Crippen LogP contribution in [0.25, 0.3) is 0 Å². The third kappa shape index (κ3) is 3.92. The number of fused-ring (bicyclic) bond motifs is 1. The average Bonchev–Trinajstić information content (AvgIpc) is 3.04. The molecular formula is C18H26N4O3. The van der Waals surface area contributed by atoms with Crippen molar-refractivity contribution < 1.29 is 14.7 Å². The lowest BCUT2D eigenvalue weighted by Crippen LogP contribution is -2.37. The summed E-state index contributed by atoms with van der Waals surface area (Å²) in [7, 11) is 3.52. The highest BCUT2D eigenvalue weighted by molar-refractivity contribution is 5.93. The number of pyridine rings is 1. The third-order valence-corrected chi connectivity index (χ3v) is 5.03. The summed E-state index contributed by atoms with van der Waals surface area (Å²) in [6.45, 7) is 3.65. The normalized spacial score (nSPS) is 17.9. The van der Waals surface area contributed by atoms with Crippen molar-refractivity contribution in [2.45, 2.75) is 25.7 Å². The molecule has 2 aliphatic rings. The molecule has 0 bridgehead atoms. The first-order valence-corrected chi connectivity index (χ1v) is 8.89. The molecule has 0 aliphatic carbocycles. The summed E-state index contributed by atoms with van der Waals surface area (Å²) in [6.07, 6.45) is 3.64. The Bertz CT molecular complexity index is 669. The molecule has 1 fully saturated rings. The van der Waals surface area contributed by atoms with Gasteiger partial charge < -0.3 is 14.9 Å². The molecule has 1 aromatic rings. The van der Waals surface area contributed by atoms with Crippen LogP contribution in [0.3, 0.4) is 0 Å². The van der Waals surface area contributed by atoms with Gasteiger partial charge in [-0.1, -0.05) is 0 Å². The molecule has 1 N–H and O–H groups in total. The number of hydrogen-bond donors (Lipinski definition) is 1. The van der Waals surface area contributed by atoms with Crippen molar-refractivity contribution in [3.8, 4) is 0 Å². The molecule has 2 aliphatic heterocycles. The number of likely N-dealkylation sites (N-methyl/N-ethyl adjacent to an activating group) is 1. The number of carboxylic acid groups (broad SMARTS) is 1. The monoisotopic (exact) mass is 346 g/mol. The van der Waals surface area contributed by atoms with E-state index < -0.39 is 5.97 Å². The van der Waals surface area contributed by atoms with Gasteiger partial charge in [0.25, 0.3) is 0 Å². The Morgan fingerprint density at radius 3 is 2.48 bits per heavy atom. The summed E-state index contributed by atoms with van der Waals surface area (Å²) in [5, 5.41) is 9.60. The Labute approximate surface area is 148 Å². The second kappa shape index (κ2) is 7.39. The van der Waals surface area contributed by atoms with E-state index in [0.29, 0.717) is 17.9 Å². The fourth-order valence-corrected chi connectivity index (χ4v) is 3.49. The summed E-state index contributed by atoms with van der Waals surface area (Å²) in [5.74, 6) is -0.217. The largest absolute Gasteiger partial charge is 0.478 e. The first kappa shape index (κ1) is 17.7. The van der Waals surface area contributed by atoms with Crippen LogP contribution in [0, 0.1) is 0 Å². The van der Waals surface area contributed by atoms with Crippen LogP contribution in [-0.2, 0) is 17.6 Å². The van der Waals surface area contributed by atoms with Crippen LogP contribution in [0.5, 0.6) is 0 Å². The van der Waals surface area contributed by atoms with Gasteiger partial charge in [-0.2, -0.15) is 0 Å². The van der Waals surface area contributed by atoms with Gasteiger partial charge in [-0.05, 0) is 30.9 Å². The smallest absolute Gasteiger partial charge is 0.339 e. The predicted octanol–water partition coefficient (Wildman–Crippen LogP) is 0.869. The fourth-order valence-electron chi connectivity index (χ4n) is 3.49. The van der Waals surface area contributed by atoms with E-state index in [4.69, 9.17) is 4.98 Å². The van der Waals surface area contributed by atoms with E-state index in [1.807, 2.05) is 0 Å². The standard InChI is InChI=1S/C18H26N4O3/c1-20(2)16(23)12-21-9-5-13-11-14(18(24)25)17(19-15(13)6-10-21)22-7-3-4-8-22/h11H,3-10,12H2,1-2H3,(H,24,25). The Morgan fingerprint density at radius 1 is 1.16 bits per heavy atom. The molecule has 136 valence electrons. The van der Waals surface area contributed by atoms with Gasteiger partial charge in [0, 0.05) is 52.4 Å². The highest BCUT2D eigenvalue weighted by atomic mass is 16.4. The number of amides is 1. The zero-order valence-corrected chi connectivity index (χ0v) is 15.0. The quantitative estimate of drug-likeness (QED) is 0.872. The maximum Gasteiger partial charge on any atom is 0.339 e. The molecule has 3 heterocycles. The zero-order chi connectivity index (χ0) is 18.0. The van der Waals surface area contributed by atoms with E-state index in [1.54, 1.807) is 25.1 Å². The Hall–Kier alpha value is -2.15. The number of nitrogens with zero attached hydrogens (tertiary/aromatic N) is 4. The molecule has 3 rings (SSSR count). The number of carboxylic acids is 1.